The Bertz CT molecular complexity index is 1820. The number of carbonyl (C=O) groups excluding carboxylic acids is 3. The summed E-state index contributed by atoms with van der Waals surface area (Å²) in [4.78, 5) is 43.6. The lowest BCUT2D eigenvalue weighted by molar-refractivity contribution is -0.389. The molecule has 3 aromatic rings. The summed E-state index contributed by atoms with van der Waals surface area (Å²) in [6, 6.07) is 4.03. The van der Waals surface area contributed by atoms with Gasteiger partial charge in [0.25, 0.3) is 11.8 Å². The molecule has 2 amide bonds. The predicted molar refractivity (Wildman–Crippen MR) is 145 cm³/mol. The molecule has 1 unspecified atom stereocenters. The minimum Gasteiger partial charge on any atom is -0.332 e. The lowest BCUT2D eigenvalue weighted by Gasteiger charge is -2.36. The number of amides is 2. The molecule has 0 saturated heterocycles. The Morgan fingerprint density at radius 1 is 0.800 bits per heavy atom. The van der Waals surface area contributed by atoms with Crippen molar-refractivity contribution in [1.29, 1.82) is 0 Å². The summed E-state index contributed by atoms with van der Waals surface area (Å²) in [5.74, 6) is -14.9. The van der Waals surface area contributed by atoms with Crippen molar-refractivity contribution in [2.24, 2.45) is 5.92 Å². The number of nitrogens with zero attached hydrogens (tertiary/aromatic N) is 1. The van der Waals surface area contributed by atoms with Gasteiger partial charge in [0.15, 0.2) is 5.82 Å². The number of hydrogen-bond donors (Lipinski definition) is 1. The van der Waals surface area contributed by atoms with E-state index in [9.17, 15) is 67.1 Å². The van der Waals surface area contributed by atoms with Crippen LogP contribution in [-0.2, 0) is 21.5 Å². The van der Waals surface area contributed by atoms with Gasteiger partial charge in [-0.3, -0.25) is 9.59 Å². The quantitative estimate of drug-likeness (QED) is 0.191. The number of carbonyl (C=O) groups is 3. The van der Waals surface area contributed by atoms with E-state index in [0.29, 0.717) is 18.9 Å². The first-order chi connectivity index (χ1) is 22.8. The normalized spacial score (nSPS) is 15.3. The zero-order valence-corrected chi connectivity index (χ0v) is 25.5. The van der Waals surface area contributed by atoms with E-state index in [4.69, 9.17) is 4.84 Å². The van der Waals surface area contributed by atoms with Crippen LogP contribution >= 0.6 is 15.9 Å². The standard InChI is InChI=1S/C29H15BrF14N2O4/c30-18-11-14(25(33,28(39,40)41)27(37,38)29(42,43)44)10-17(26(34,35)36)21(18)45-22(47)16-2-1-3-19(20(16)32)46(50-24(49)13-4-5-13)23(48)12-6-8-15(31)9-7-12/h1-3,6-11,13H,4-5H2,(H,45,47). The number of nitrogens with one attached hydrogen (secondary N) is 1. The number of anilines is 2. The van der Waals surface area contributed by atoms with Crippen molar-refractivity contribution in [1.82, 2.24) is 0 Å². The van der Waals surface area contributed by atoms with Gasteiger partial charge in [0.2, 0.25) is 0 Å². The zero-order chi connectivity index (χ0) is 37.8. The summed E-state index contributed by atoms with van der Waals surface area (Å²) in [6.07, 6.45) is -19.8. The first kappa shape index (κ1) is 38.4. The summed E-state index contributed by atoms with van der Waals surface area (Å²) < 4.78 is 192. The Kier molecular flexibility index (Phi) is 10.0. The van der Waals surface area contributed by atoms with Crippen LogP contribution in [0.4, 0.5) is 72.8 Å². The van der Waals surface area contributed by atoms with Crippen LogP contribution in [0.1, 0.15) is 44.7 Å². The summed E-state index contributed by atoms with van der Waals surface area (Å²) in [5, 5.41) is 1.48. The van der Waals surface area contributed by atoms with Crippen molar-refractivity contribution in [3.05, 3.63) is 93.0 Å². The maximum atomic E-state index is 15.8. The highest BCUT2D eigenvalue weighted by Gasteiger charge is 2.82. The molecule has 6 nitrogen and oxygen atoms in total. The molecule has 0 aromatic heterocycles. The van der Waals surface area contributed by atoms with Crippen LogP contribution in [0.2, 0.25) is 0 Å². The molecule has 0 bridgehead atoms. The van der Waals surface area contributed by atoms with Gasteiger partial charge in [-0.2, -0.15) is 48.3 Å². The van der Waals surface area contributed by atoms with Crippen molar-refractivity contribution in [3.8, 4) is 0 Å². The second kappa shape index (κ2) is 13.0. The minimum atomic E-state index is -7.34. The van der Waals surface area contributed by atoms with Crippen molar-refractivity contribution >= 4 is 45.1 Å². The molecule has 0 spiro atoms. The third-order valence-electron chi connectivity index (χ3n) is 7.02. The van der Waals surface area contributed by atoms with Crippen LogP contribution in [0.25, 0.3) is 0 Å². The Hall–Kier alpha value is -4.43. The molecule has 270 valence electrons. The van der Waals surface area contributed by atoms with E-state index < -0.39 is 110 Å². The van der Waals surface area contributed by atoms with Gasteiger partial charge >= 0.3 is 36.1 Å². The van der Waals surface area contributed by atoms with Gasteiger partial charge in [-0.1, -0.05) is 6.07 Å². The van der Waals surface area contributed by atoms with E-state index in [1.807, 2.05) is 0 Å². The van der Waals surface area contributed by atoms with Gasteiger partial charge in [-0.05, 0) is 77.3 Å². The Balaban J connectivity index is 1.81. The maximum absolute atomic E-state index is 15.8. The largest absolute Gasteiger partial charge is 0.457 e. The van der Waals surface area contributed by atoms with Crippen molar-refractivity contribution in [2.75, 3.05) is 10.4 Å². The highest BCUT2D eigenvalue weighted by Crippen LogP contribution is 2.59. The average Bonchev–Trinajstić information content (AvgIpc) is 3.85. The number of alkyl halides is 12. The Morgan fingerprint density at radius 3 is 1.88 bits per heavy atom. The first-order valence-corrected chi connectivity index (χ1v) is 14.1. The summed E-state index contributed by atoms with van der Waals surface area (Å²) in [6.45, 7) is 0. The Morgan fingerprint density at radius 2 is 1.38 bits per heavy atom. The third-order valence-corrected chi connectivity index (χ3v) is 7.65. The van der Waals surface area contributed by atoms with Crippen molar-refractivity contribution in [3.63, 3.8) is 0 Å². The molecule has 1 saturated carbocycles. The maximum Gasteiger partial charge on any atom is 0.457 e. The van der Waals surface area contributed by atoms with Gasteiger partial charge in [0.1, 0.15) is 11.5 Å². The van der Waals surface area contributed by atoms with Gasteiger partial charge in [0.05, 0.1) is 22.7 Å². The van der Waals surface area contributed by atoms with Crippen LogP contribution in [0.5, 0.6) is 0 Å². The summed E-state index contributed by atoms with van der Waals surface area (Å²) >= 11 is 2.22. The van der Waals surface area contributed by atoms with Gasteiger partial charge in [-0.15, -0.1) is 5.06 Å². The van der Waals surface area contributed by atoms with E-state index in [0.717, 1.165) is 36.4 Å². The van der Waals surface area contributed by atoms with Crippen LogP contribution in [0.3, 0.4) is 0 Å². The second-order valence-electron chi connectivity index (χ2n) is 10.5. The smallest absolute Gasteiger partial charge is 0.332 e. The number of benzene rings is 3. The molecule has 4 rings (SSSR count). The molecule has 0 heterocycles. The van der Waals surface area contributed by atoms with Gasteiger partial charge in [-0.25, -0.2) is 18.0 Å². The van der Waals surface area contributed by atoms with Gasteiger partial charge < -0.3 is 10.2 Å². The fourth-order valence-corrected chi connectivity index (χ4v) is 4.86. The molecule has 3 aromatic carbocycles. The fraction of sp³-hybridized carbons (Fsp3) is 0.276. The number of hydrogen-bond acceptors (Lipinski definition) is 4. The van der Waals surface area contributed by atoms with Crippen LogP contribution in [0.15, 0.2) is 59.1 Å². The zero-order valence-electron chi connectivity index (χ0n) is 23.9. The topological polar surface area (TPSA) is 75.7 Å². The van der Waals surface area contributed by atoms with E-state index in [-0.39, 0.29) is 10.6 Å². The molecule has 1 N–H and O–H groups in total. The van der Waals surface area contributed by atoms with Gasteiger partial charge in [0, 0.05) is 15.6 Å². The average molecular weight is 801 g/mol. The number of hydroxylamine groups is 1. The second-order valence-corrected chi connectivity index (χ2v) is 11.3. The molecule has 0 radical (unpaired) electrons. The number of rotatable bonds is 7. The lowest BCUT2D eigenvalue weighted by Crippen LogP contribution is -2.59. The molecular weight excluding hydrogens is 786 g/mol. The molecule has 0 aliphatic heterocycles. The van der Waals surface area contributed by atoms with E-state index in [1.165, 1.54) is 5.32 Å². The van der Waals surface area contributed by atoms with E-state index >= 15 is 8.78 Å². The van der Waals surface area contributed by atoms with E-state index in [1.54, 1.807) is 0 Å². The molecule has 1 fully saturated rings. The summed E-state index contributed by atoms with van der Waals surface area (Å²) in [5.41, 5.74) is -16.6. The van der Waals surface area contributed by atoms with Crippen LogP contribution in [0, 0.1) is 17.6 Å². The monoisotopic (exact) mass is 800 g/mol. The Labute approximate surface area is 278 Å². The first-order valence-electron chi connectivity index (χ1n) is 13.4. The van der Waals surface area contributed by atoms with Crippen molar-refractivity contribution in [2.45, 2.75) is 43.0 Å². The molecule has 1 aliphatic carbocycles. The fourth-order valence-electron chi connectivity index (χ4n) is 4.30. The third kappa shape index (κ3) is 7.08. The predicted octanol–water partition coefficient (Wildman–Crippen LogP) is 9.44. The molecule has 21 heteroatoms. The van der Waals surface area contributed by atoms with E-state index in [2.05, 4.69) is 15.9 Å². The van der Waals surface area contributed by atoms with Crippen molar-refractivity contribution < 1.29 is 80.7 Å². The minimum absolute atomic E-state index is 0.0602. The highest BCUT2D eigenvalue weighted by atomic mass is 79.9. The van der Waals surface area contributed by atoms with Crippen LogP contribution < -0.4 is 10.4 Å². The molecule has 50 heavy (non-hydrogen) atoms. The molecular formula is C29H15BrF14N2O4. The molecule has 1 atom stereocenters. The highest BCUT2D eigenvalue weighted by molar-refractivity contribution is 9.10. The molecule has 1 aliphatic rings. The number of halogens is 15. The van der Waals surface area contributed by atoms with Crippen LogP contribution in [-0.4, -0.2) is 36.1 Å². The lowest BCUT2D eigenvalue weighted by atomic mass is 9.86. The summed E-state index contributed by atoms with van der Waals surface area (Å²) in [7, 11) is 0. The SMILES string of the molecule is O=C(Nc1c(Br)cc(C(F)(C(F)(F)F)C(F)(F)C(F)(F)F)cc1C(F)(F)F)c1cccc(N(OC(=O)C2CC2)C(=O)c2ccc(F)cc2)c1F.